The topological polar surface area (TPSA) is 71.5 Å². The van der Waals surface area contributed by atoms with Crippen LogP contribution in [0.3, 0.4) is 0 Å². The van der Waals surface area contributed by atoms with E-state index in [9.17, 15) is 23.1 Å². The van der Waals surface area contributed by atoms with E-state index >= 15 is 0 Å². The summed E-state index contributed by atoms with van der Waals surface area (Å²) in [6.45, 7) is 6.91. The fourth-order valence-electron chi connectivity index (χ4n) is 3.40. The molecule has 1 aliphatic rings. The summed E-state index contributed by atoms with van der Waals surface area (Å²) >= 11 is 0. The van der Waals surface area contributed by atoms with Gasteiger partial charge in [-0.3, -0.25) is 9.69 Å². The molecule has 2 atom stereocenters. The maximum Gasteiger partial charge on any atom is 0.416 e. The quantitative estimate of drug-likeness (QED) is 0.380. The molecule has 0 aliphatic carbocycles. The van der Waals surface area contributed by atoms with Crippen LogP contribution in [0.4, 0.5) is 13.2 Å². The van der Waals surface area contributed by atoms with Crippen LogP contribution in [0, 0.1) is 0 Å². The minimum atomic E-state index is -4.46. The van der Waals surface area contributed by atoms with E-state index in [1.807, 2.05) is 4.90 Å². The van der Waals surface area contributed by atoms with Gasteiger partial charge in [-0.15, -0.1) is 6.58 Å². The SMILES string of the molecule is C=CCOCC(O)CN1CCOC(CN(CCOC)C(=O)c2ccc(C(F)(F)F)cc2)C1. The Morgan fingerprint density at radius 3 is 2.75 bits per heavy atom. The van der Waals surface area contributed by atoms with Crippen LogP contribution < -0.4 is 0 Å². The number of nitrogens with zero attached hydrogens (tertiary/aromatic N) is 2. The zero-order chi connectivity index (χ0) is 23.6. The third-order valence-corrected chi connectivity index (χ3v) is 4.97. The number of aliphatic hydroxyl groups excluding tert-OH is 1. The number of benzene rings is 1. The average Bonchev–Trinajstić information content (AvgIpc) is 2.76. The van der Waals surface area contributed by atoms with E-state index in [2.05, 4.69) is 6.58 Å². The van der Waals surface area contributed by atoms with E-state index in [1.165, 1.54) is 24.1 Å². The van der Waals surface area contributed by atoms with E-state index in [1.54, 1.807) is 6.08 Å². The zero-order valence-corrected chi connectivity index (χ0v) is 18.2. The molecular weight excluding hydrogens is 429 g/mol. The van der Waals surface area contributed by atoms with Gasteiger partial charge in [0.05, 0.1) is 44.2 Å². The van der Waals surface area contributed by atoms with Crippen LogP contribution in [0.25, 0.3) is 0 Å². The number of morpholine rings is 1. The molecule has 1 aromatic rings. The standard InChI is InChI=1S/C22H31F3N2O5/c1-3-10-31-16-19(28)13-26-8-12-32-20(14-26)15-27(9-11-30-2)21(29)17-4-6-18(7-5-17)22(23,24)25/h3-7,19-20,28H,1,8-16H2,2H3. The highest BCUT2D eigenvalue weighted by molar-refractivity contribution is 5.94. The van der Waals surface area contributed by atoms with Crippen LogP contribution in [0.15, 0.2) is 36.9 Å². The molecule has 0 radical (unpaired) electrons. The Labute approximate surface area is 186 Å². The second-order valence-electron chi connectivity index (χ2n) is 7.55. The molecule has 7 nitrogen and oxygen atoms in total. The normalized spacial score (nSPS) is 18.3. The van der Waals surface area contributed by atoms with Gasteiger partial charge in [-0.2, -0.15) is 13.2 Å². The molecule has 1 heterocycles. The van der Waals surface area contributed by atoms with Gasteiger partial charge >= 0.3 is 6.18 Å². The molecule has 1 aromatic carbocycles. The maximum absolute atomic E-state index is 12.9. The molecule has 1 amide bonds. The summed E-state index contributed by atoms with van der Waals surface area (Å²) in [6, 6.07) is 4.16. The van der Waals surface area contributed by atoms with Crippen LogP contribution in [0.1, 0.15) is 15.9 Å². The first-order valence-electron chi connectivity index (χ1n) is 10.4. The highest BCUT2D eigenvalue weighted by Gasteiger charge is 2.31. The molecule has 10 heteroatoms. The van der Waals surface area contributed by atoms with Crippen molar-refractivity contribution in [1.82, 2.24) is 9.80 Å². The number of hydrogen-bond acceptors (Lipinski definition) is 6. The van der Waals surface area contributed by atoms with Gasteiger partial charge < -0.3 is 24.2 Å². The van der Waals surface area contributed by atoms with E-state index in [-0.39, 0.29) is 38.0 Å². The summed E-state index contributed by atoms with van der Waals surface area (Å²) in [5.41, 5.74) is -0.643. The number of ether oxygens (including phenoxy) is 3. The molecule has 180 valence electrons. The first-order chi connectivity index (χ1) is 15.2. The van der Waals surface area contributed by atoms with Crippen molar-refractivity contribution in [2.24, 2.45) is 0 Å². The lowest BCUT2D eigenvalue weighted by molar-refractivity contribution is -0.137. The van der Waals surface area contributed by atoms with Crippen LogP contribution >= 0.6 is 0 Å². The Kier molecular flexibility index (Phi) is 10.6. The Hall–Kier alpha value is -1.98. The maximum atomic E-state index is 12.9. The number of amides is 1. The zero-order valence-electron chi connectivity index (χ0n) is 18.2. The highest BCUT2D eigenvalue weighted by Crippen LogP contribution is 2.29. The van der Waals surface area contributed by atoms with E-state index in [4.69, 9.17) is 14.2 Å². The van der Waals surface area contributed by atoms with Gasteiger partial charge in [0.2, 0.25) is 0 Å². The van der Waals surface area contributed by atoms with Crippen LogP contribution in [-0.4, -0.2) is 99.3 Å². The molecule has 1 N–H and O–H groups in total. The fourth-order valence-corrected chi connectivity index (χ4v) is 3.40. The Morgan fingerprint density at radius 2 is 2.12 bits per heavy atom. The molecule has 0 bridgehead atoms. The minimum Gasteiger partial charge on any atom is -0.389 e. The van der Waals surface area contributed by atoms with Gasteiger partial charge in [-0.25, -0.2) is 0 Å². The van der Waals surface area contributed by atoms with Gasteiger partial charge in [0, 0.05) is 45.4 Å². The molecule has 1 saturated heterocycles. The van der Waals surface area contributed by atoms with Crippen LogP contribution in [-0.2, 0) is 20.4 Å². The van der Waals surface area contributed by atoms with Crippen molar-refractivity contribution < 1.29 is 37.3 Å². The summed E-state index contributed by atoms with van der Waals surface area (Å²) < 4.78 is 54.6. The lowest BCUT2D eigenvalue weighted by Gasteiger charge is -2.36. The van der Waals surface area contributed by atoms with Crippen molar-refractivity contribution in [3.05, 3.63) is 48.0 Å². The van der Waals surface area contributed by atoms with E-state index < -0.39 is 23.8 Å². The number of hydrogen-bond donors (Lipinski definition) is 1. The lowest BCUT2D eigenvalue weighted by Crippen LogP contribution is -2.51. The molecule has 2 rings (SSSR count). The largest absolute Gasteiger partial charge is 0.416 e. The number of halogens is 3. The van der Waals surface area contributed by atoms with Crippen molar-refractivity contribution in [3.63, 3.8) is 0 Å². The van der Waals surface area contributed by atoms with Gasteiger partial charge in [0.25, 0.3) is 5.91 Å². The number of rotatable bonds is 12. The predicted molar refractivity (Wildman–Crippen MR) is 112 cm³/mol. The summed E-state index contributed by atoms with van der Waals surface area (Å²) in [4.78, 5) is 16.5. The van der Waals surface area contributed by atoms with Crippen LogP contribution in [0.5, 0.6) is 0 Å². The molecule has 1 aliphatic heterocycles. The van der Waals surface area contributed by atoms with Crippen molar-refractivity contribution in [2.75, 3.05) is 66.3 Å². The highest BCUT2D eigenvalue weighted by atomic mass is 19.4. The van der Waals surface area contributed by atoms with Crippen LogP contribution in [0.2, 0.25) is 0 Å². The second-order valence-corrected chi connectivity index (χ2v) is 7.55. The van der Waals surface area contributed by atoms with Crippen molar-refractivity contribution in [3.8, 4) is 0 Å². The van der Waals surface area contributed by atoms with Gasteiger partial charge in [-0.1, -0.05) is 6.08 Å². The van der Waals surface area contributed by atoms with Gasteiger partial charge in [0.15, 0.2) is 0 Å². The molecule has 0 saturated carbocycles. The summed E-state index contributed by atoms with van der Waals surface area (Å²) in [6.07, 6.45) is -3.81. The van der Waals surface area contributed by atoms with Crippen molar-refractivity contribution in [2.45, 2.75) is 18.4 Å². The number of β-amino-alcohol motifs (C(OH)–C–C–N with tert-alkyl or cyclic N) is 1. The van der Waals surface area contributed by atoms with Gasteiger partial charge in [0.1, 0.15) is 0 Å². The molecular formula is C22H31F3N2O5. The van der Waals surface area contributed by atoms with E-state index in [0.717, 1.165) is 12.1 Å². The van der Waals surface area contributed by atoms with Crippen molar-refractivity contribution in [1.29, 1.82) is 0 Å². The summed E-state index contributed by atoms with van der Waals surface area (Å²) in [5, 5.41) is 10.1. The first-order valence-corrected chi connectivity index (χ1v) is 10.4. The number of carbonyl (C=O) groups excluding carboxylic acids is 1. The number of carbonyl (C=O) groups is 1. The predicted octanol–water partition coefficient (Wildman–Crippen LogP) is 2.06. The van der Waals surface area contributed by atoms with E-state index in [0.29, 0.717) is 32.8 Å². The minimum absolute atomic E-state index is 0.163. The monoisotopic (exact) mass is 460 g/mol. The third-order valence-electron chi connectivity index (χ3n) is 4.97. The summed E-state index contributed by atoms with van der Waals surface area (Å²) in [7, 11) is 1.51. The lowest BCUT2D eigenvalue weighted by atomic mass is 10.1. The second kappa shape index (κ2) is 12.9. The molecule has 1 fully saturated rings. The molecule has 0 aromatic heterocycles. The van der Waals surface area contributed by atoms with Gasteiger partial charge in [-0.05, 0) is 24.3 Å². The number of methoxy groups -OCH3 is 1. The Morgan fingerprint density at radius 1 is 1.41 bits per heavy atom. The summed E-state index contributed by atoms with van der Waals surface area (Å²) in [5.74, 6) is -0.394. The molecule has 32 heavy (non-hydrogen) atoms. The first kappa shape index (κ1) is 26.3. The third kappa shape index (κ3) is 8.51. The average molecular weight is 460 g/mol. The number of alkyl halides is 3. The van der Waals surface area contributed by atoms with Crippen molar-refractivity contribution >= 4 is 5.91 Å². The molecule has 2 unspecified atom stereocenters. The Bertz CT molecular complexity index is 715. The fraction of sp³-hybridized carbons (Fsp3) is 0.591. The molecule has 0 spiro atoms. The Balaban J connectivity index is 1.98. The number of aliphatic hydroxyl groups is 1. The smallest absolute Gasteiger partial charge is 0.389 e.